The Kier molecular flexibility index (Phi) is 10.4. The molecule has 0 radical (unpaired) electrons. The van der Waals surface area contributed by atoms with Crippen molar-refractivity contribution in [3.8, 4) is 5.75 Å². The van der Waals surface area contributed by atoms with E-state index >= 15 is 0 Å². The third kappa shape index (κ3) is 7.12. The number of anilines is 1. The summed E-state index contributed by atoms with van der Waals surface area (Å²) in [5.74, 6) is -1.01. The van der Waals surface area contributed by atoms with Crippen LogP contribution in [0.25, 0.3) is 10.2 Å². The first-order valence-corrected chi connectivity index (χ1v) is 15.6. The summed E-state index contributed by atoms with van der Waals surface area (Å²) in [6.45, 7) is 1.88. The molecule has 2 aromatic heterocycles. The molecule has 2 amide bonds. The van der Waals surface area contributed by atoms with Crippen LogP contribution in [0.4, 0.5) is 5.00 Å². The summed E-state index contributed by atoms with van der Waals surface area (Å²) >= 11 is 3.81. The summed E-state index contributed by atoms with van der Waals surface area (Å²) in [5.41, 5.74) is 2.15. The Morgan fingerprint density at radius 1 is 1.07 bits per heavy atom. The van der Waals surface area contributed by atoms with Crippen molar-refractivity contribution < 1.29 is 33.4 Å². The number of thiophene rings is 1. The van der Waals surface area contributed by atoms with Gasteiger partial charge in [0.15, 0.2) is 4.80 Å². The Hall–Kier alpha value is -3.16. The van der Waals surface area contributed by atoms with Crippen LogP contribution < -0.4 is 14.9 Å². The highest BCUT2D eigenvalue weighted by atomic mass is 32.2. The topological polar surface area (TPSA) is 125 Å². The lowest BCUT2D eigenvalue weighted by Crippen LogP contribution is -2.23. The number of hydrogen-bond acceptors (Lipinski definition) is 10. The van der Waals surface area contributed by atoms with Gasteiger partial charge in [-0.25, -0.2) is 4.79 Å². The molecule has 2 heterocycles. The van der Waals surface area contributed by atoms with E-state index in [9.17, 15) is 19.2 Å². The average Bonchev–Trinajstić information content (AvgIpc) is 3.34. The van der Waals surface area contributed by atoms with E-state index in [1.165, 1.54) is 29.8 Å². The van der Waals surface area contributed by atoms with E-state index in [2.05, 4.69) is 10.3 Å². The minimum absolute atomic E-state index is 0.0108. The van der Waals surface area contributed by atoms with Crippen molar-refractivity contribution >= 4 is 73.4 Å². The van der Waals surface area contributed by atoms with Crippen molar-refractivity contribution in [2.75, 3.05) is 37.6 Å². The van der Waals surface area contributed by atoms with Crippen molar-refractivity contribution in [3.63, 3.8) is 0 Å². The number of nitrogens with zero attached hydrogens (tertiary/aromatic N) is 2. The summed E-state index contributed by atoms with van der Waals surface area (Å²) in [6.07, 6.45) is 4.83. The van der Waals surface area contributed by atoms with Gasteiger partial charge in [-0.2, -0.15) is 4.99 Å². The third-order valence-corrected chi connectivity index (χ3v) is 9.39. The number of hydrogen-bond donors (Lipinski definition) is 1. The average molecular weight is 606 g/mol. The molecule has 40 heavy (non-hydrogen) atoms. The lowest BCUT2D eigenvalue weighted by atomic mass is 10.1. The van der Waals surface area contributed by atoms with Crippen LogP contribution in [0.15, 0.2) is 23.2 Å². The fourth-order valence-electron chi connectivity index (χ4n) is 4.44. The van der Waals surface area contributed by atoms with Crippen LogP contribution in [0.5, 0.6) is 5.75 Å². The molecule has 0 bridgehead atoms. The number of methoxy groups -OCH3 is 2. The van der Waals surface area contributed by atoms with E-state index in [0.29, 0.717) is 21.1 Å². The second kappa shape index (κ2) is 14.0. The van der Waals surface area contributed by atoms with Gasteiger partial charge < -0.3 is 24.1 Å². The van der Waals surface area contributed by atoms with Crippen LogP contribution in [0, 0.1) is 0 Å². The van der Waals surface area contributed by atoms with Gasteiger partial charge in [0.25, 0.3) is 5.91 Å². The van der Waals surface area contributed by atoms with Crippen molar-refractivity contribution in [2.45, 2.75) is 45.6 Å². The van der Waals surface area contributed by atoms with Gasteiger partial charge >= 0.3 is 11.9 Å². The maximum atomic E-state index is 12.7. The van der Waals surface area contributed by atoms with Gasteiger partial charge in [-0.15, -0.1) is 23.1 Å². The summed E-state index contributed by atoms with van der Waals surface area (Å²) < 4.78 is 17.8. The summed E-state index contributed by atoms with van der Waals surface area (Å²) in [5, 5.41) is 3.35. The molecule has 1 aliphatic rings. The van der Waals surface area contributed by atoms with Crippen LogP contribution in [0.2, 0.25) is 0 Å². The lowest BCUT2D eigenvalue weighted by molar-refractivity contribution is -0.143. The van der Waals surface area contributed by atoms with Crippen LogP contribution >= 0.6 is 34.4 Å². The van der Waals surface area contributed by atoms with Crippen molar-refractivity contribution in [1.82, 2.24) is 4.57 Å². The monoisotopic (exact) mass is 605 g/mol. The molecule has 0 unspecified atom stereocenters. The number of ether oxygens (including phenoxy) is 3. The van der Waals surface area contributed by atoms with E-state index < -0.39 is 17.8 Å². The molecular formula is C27H31N3O7S3. The number of aromatic nitrogens is 1. The number of nitrogens with one attached hydrogen (secondary N) is 1. The maximum absolute atomic E-state index is 12.7. The number of benzene rings is 1. The molecule has 10 nitrogen and oxygen atoms in total. The summed E-state index contributed by atoms with van der Waals surface area (Å²) in [6, 6.07) is 5.39. The second-order valence-electron chi connectivity index (χ2n) is 8.92. The lowest BCUT2D eigenvalue weighted by Gasteiger charge is -2.07. The normalized spacial score (nSPS) is 13.4. The molecule has 3 aromatic rings. The molecule has 13 heteroatoms. The van der Waals surface area contributed by atoms with Crippen LogP contribution in [-0.2, 0) is 43.2 Å². The molecule has 4 rings (SSSR count). The van der Waals surface area contributed by atoms with Crippen molar-refractivity contribution in [2.24, 2.45) is 4.99 Å². The Labute approximate surface area is 243 Å². The fourth-order valence-corrected chi connectivity index (χ4v) is 7.40. The van der Waals surface area contributed by atoms with Crippen molar-refractivity contribution in [3.05, 3.63) is 39.0 Å². The second-order valence-corrected chi connectivity index (χ2v) is 12.0. The largest absolute Gasteiger partial charge is 0.497 e. The minimum atomic E-state index is -0.451. The highest BCUT2D eigenvalue weighted by Crippen LogP contribution is 2.38. The van der Waals surface area contributed by atoms with Gasteiger partial charge in [0, 0.05) is 4.88 Å². The number of carbonyl (C=O) groups excluding carboxylic acids is 4. The number of amides is 2. The number of carbonyl (C=O) groups is 4. The molecule has 1 aromatic carbocycles. The number of fused-ring (bicyclic) bond motifs is 2. The van der Waals surface area contributed by atoms with Crippen molar-refractivity contribution in [1.29, 1.82) is 0 Å². The first-order chi connectivity index (χ1) is 19.3. The standard InChI is InChI=1S/C27H31N3O7S3/c1-4-37-23(33)13-30-18-11-10-16(35-2)12-20(18)40-27(30)29-22(32)15-38-14-21(31)28-25-24(26(34)36-3)17-8-6-5-7-9-19(17)39-25/h10-12H,4-9,13-15H2,1-3H3,(H,28,31). The van der Waals surface area contributed by atoms with Gasteiger partial charge in [-0.1, -0.05) is 17.8 Å². The predicted octanol–water partition coefficient (Wildman–Crippen LogP) is 4.19. The van der Waals surface area contributed by atoms with E-state index in [-0.39, 0.29) is 30.6 Å². The van der Waals surface area contributed by atoms with Gasteiger partial charge in [-0.05, 0) is 56.4 Å². The number of esters is 2. The molecule has 0 saturated heterocycles. The minimum Gasteiger partial charge on any atom is -0.497 e. The number of aryl methyl sites for hydroxylation is 1. The molecule has 0 atom stereocenters. The Morgan fingerprint density at radius 2 is 1.88 bits per heavy atom. The van der Waals surface area contributed by atoms with Gasteiger partial charge in [0.1, 0.15) is 17.3 Å². The van der Waals surface area contributed by atoms with Gasteiger partial charge in [0.2, 0.25) is 5.91 Å². The predicted molar refractivity (Wildman–Crippen MR) is 156 cm³/mol. The molecular weight excluding hydrogens is 575 g/mol. The zero-order chi connectivity index (χ0) is 28.6. The summed E-state index contributed by atoms with van der Waals surface area (Å²) in [7, 11) is 2.90. The highest BCUT2D eigenvalue weighted by molar-refractivity contribution is 8.00. The van der Waals surface area contributed by atoms with Crippen LogP contribution in [0.3, 0.4) is 0 Å². The van der Waals surface area contributed by atoms with Gasteiger partial charge in [-0.3, -0.25) is 14.4 Å². The fraction of sp³-hybridized carbons (Fsp3) is 0.444. The Bertz CT molecular complexity index is 1490. The Morgan fingerprint density at radius 3 is 2.62 bits per heavy atom. The zero-order valence-electron chi connectivity index (χ0n) is 22.6. The van der Waals surface area contributed by atoms with E-state index in [1.54, 1.807) is 30.7 Å². The highest BCUT2D eigenvalue weighted by Gasteiger charge is 2.26. The molecule has 0 aliphatic heterocycles. The zero-order valence-corrected chi connectivity index (χ0v) is 25.0. The van der Waals surface area contributed by atoms with Crippen LogP contribution in [0.1, 0.15) is 47.0 Å². The smallest absolute Gasteiger partial charge is 0.341 e. The molecule has 1 aliphatic carbocycles. The number of rotatable bonds is 10. The first kappa shape index (κ1) is 29.8. The van der Waals surface area contributed by atoms with E-state index in [0.717, 1.165) is 64.5 Å². The molecule has 0 spiro atoms. The number of thioether (sulfide) groups is 1. The van der Waals surface area contributed by atoms with E-state index in [1.807, 2.05) is 6.07 Å². The van der Waals surface area contributed by atoms with Gasteiger partial charge in [0.05, 0.1) is 48.1 Å². The first-order valence-electron chi connectivity index (χ1n) is 12.9. The summed E-state index contributed by atoms with van der Waals surface area (Å²) in [4.78, 5) is 55.9. The molecule has 0 fully saturated rings. The SMILES string of the molecule is CCOC(=O)Cn1c(=NC(=O)CSCC(=O)Nc2sc3c(c2C(=O)OC)CCCCC3)sc2cc(OC)ccc21. The number of thiazole rings is 1. The molecule has 214 valence electrons. The molecule has 0 saturated carbocycles. The maximum Gasteiger partial charge on any atom is 0.341 e. The molecule has 1 N–H and O–H groups in total. The third-order valence-electron chi connectivity index (χ3n) is 6.23. The quantitative estimate of drug-likeness (QED) is 0.269. The van der Waals surface area contributed by atoms with E-state index in [4.69, 9.17) is 14.2 Å². The van der Waals surface area contributed by atoms with Crippen LogP contribution in [-0.4, -0.2) is 60.7 Å². The Balaban J connectivity index is 1.44.